The second-order valence-corrected chi connectivity index (χ2v) is 6.78. The van der Waals surface area contributed by atoms with E-state index < -0.39 is 0 Å². The number of ether oxygens (including phenoxy) is 1. The highest BCUT2D eigenvalue weighted by molar-refractivity contribution is 7.09. The fourth-order valence-electron chi connectivity index (χ4n) is 2.78. The Hall–Kier alpha value is -1.92. The van der Waals surface area contributed by atoms with E-state index in [0.717, 1.165) is 17.8 Å². The van der Waals surface area contributed by atoms with E-state index in [2.05, 4.69) is 11.1 Å². The van der Waals surface area contributed by atoms with Gasteiger partial charge < -0.3 is 15.4 Å². The fraction of sp³-hybridized carbons (Fsp3) is 0.412. The van der Waals surface area contributed by atoms with Crippen LogP contribution in [0.25, 0.3) is 0 Å². The molecule has 2 aromatic rings. The first-order chi connectivity index (χ1) is 11.1. The van der Waals surface area contributed by atoms with Crippen LogP contribution in [0.3, 0.4) is 0 Å². The van der Waals surface area contributed by atoms with Crippen molar-refractivity contribution >= 4 is 22.9 Å². The molecule has 1 saturated heterocycles. The molecule has 2 N–H and O–H groups in total. The molecule has 1 unspecified atom stereocenters. The van der Waals surface area contributed by atoms with Gasteiger partial charge in [-0.25, -0.2) is 0 Å². The zero-order valence-corrected chi connectivity index (χ0v) is 14.0. The molecule has 3 heterocycles. The summed E-state index contributed by atoms with van der Waals surface area (Å²) in [6.07, 6.45) is 1.14. The summed E-state index contributed by atoms with van der Waals surface area (Å²) in [5, 5.41) is 2.04. The van der Waals surface area contributed by atoms with E-state index in [1.807, 2.05) is 35.4 Å². The Bertz CT molecular complexity index is 652. The van der Waals surface area contributed by atoms with Gasteiger partial charge in [-0.15, -0.1) is 11.3 Å². The van der Waals surface area contributed by atoms with Crippen LogP contribution >= 0.6 is 11.3 Å². The summed E-state index contributed by atoms with van der Waals surface area (Å²) < 4.78 is 5.79. The number of hydrogen-bond donors (Lipinski definition) is 1. The normalized spacial score (nSPS) is 18.1. The van der Waals surface area contributed by atoms with Gasteiger partial charge in [0.2, 0.25) is 5.91 Å². The summed E-state index contributed by atoms with van der Waals surface area (Å²) in [6.45, 7) is 3.62. The molecular weight excluding hydrogens is 310 g/mol. The third-order valence-electron chi connectivity index (χ3n) is 3.91. The van der Waals surface area contributed by atoms with Crippen LogP contribution in [-0.4, -0.2) is 35.5 Å². The number of carbonyl (C=O) groups excluding carboxylic acids is 1. The van der Waals surface area contributed by atoms with Gasteiger partial charge in [-0.1, -0.05) is 6.07 Å². The molecular formula is C17H21N3O2S. The van der Waals surface area contributed by atoms with E-state index in [1.54, 1.807) is 11.3 Å². The van der Waals surface area contributed by atoms with Gasteiger partial charge in [0.25, 0.3) is 0 Å². The summed E-state index contributed by atoms with van der Waals surface area (Å²) in [5.74, 6) is 0.173. The molecule has 0 aromatic carbocycles. The number of aryl methyl sites for hydroxylation is 2. The van der Waals surface area contributed by atoms with Crippen LogP contribution in [-0.2, 0) is 16.0 Å². The molecule has 2 aromatic heterocycles. The second-order valence-electron chi connectivity index (χ2n) is 5.75. The average Bonchev–Trinajstić information content (AvgIpc) is 3.05. The van der Waals surface area contributed by atoms with Crippen LogP contribution in [0.4, 0.5) is 5.69 Å². The number of anilines is 1. The van der Waals surface area contributed by atoms with Gasteiger partial charge >= 0.3 is 0 Å². The molecule has 5 nitrogen and oxygen atoms in total. The maximum atomic E-state index is 12.4. The highest BCUT2D eigenvalue weighted by Crippen LogP contribution is 2.23. The highest BCUT2D eigenvalue weighted by atomic mass is 32.1. The van der Waals surface area contributed by atoms with Crippen molar-refractivity contribution in [1.82, 2.24) is 9.88 Å². The van der Waals surface area contributed by atoms with Gasteiger partial charge in [0.05, 0.1) is 18.8 Å². The topological polar surface area (TPSA) is 68.5 Å². The van der Waals surface area contributed by atoms with Gasteiger partial charge in [-0.05, 0) is 36.9 Å². The summed E-state index contributed by atoms with van der Waals surface area (Å²) in [4.78, 5) is 20.1. The number of amides is 1. The number of morpholine rings is 1. The van der Waals surface area contributed by atoms with E-state index >= 15 is 0 Å². The van der Waals surface area contributed by atoms with Crippen LogP contribution in [0, 0.1) is 6.92 Å². The Balaban J connectivity index is 1.62. The van der Waals surface area contributed by atoms with E-state index in [4.69, 9.17) is 10.5 Å². The van der Waals surface area contributed by atoms with E-state index in [-0.39, 0.29) is 12.0 Å². The number of rotatable bonds is 4. The molecule has 6 heteroatoms. The maximum Gasteiger partial charge on any atom is 0.223 e. The van der Waals surface area contributed by atoms with Crippen molar-refractivity contribution in [3.05, 3.63) is 45.9 Å². The molecule has 0 bridgehead atoms. The summed E-state index contributed by atoms with van der Waals surface area (Å²) in [6, 6.07) is 7.75. The molecule has 0 saturated carbocycles. The van der Waals surface area contributed by atoms with Gasteiger partial charge in [0.1, 0.15) is 6.10 Å². The summed E-state index contributed by atoms with van der Waals surface area (Å²) >= 11 is 1.69. The lowest BCUT2D eigenvalue weighted by Gasteiger charge is -2.33. The third kappa shape index (κ3) is 4.09. The minimum Gasteiger partial charge on any atom is -0.399 e. The number of nitrogens with two attached hydrogens (primary N) is 1. The van der Waals surface area contributed by atoms with E-state index in [0.29, 0.717) is 31.8 Å². The molecule has 0 radical (unpaired) electrons. The van der Waals surface area contributed by atoms with Crippen molar-refractivity contribution in [1.29, 1.82) is 0 Å². The number of carbonyl (C=O) groups is 1. The minimum absolute atomic E-state index is 0.173. The van der Waals surface area contributed by atoms with E-state index in [9.17, 15) is 4.79 Å². The van der Waals surface area contributed by atoms with Crippen molar-refractivity contribution < 1.29 is 9.53 Å². The van der Waals surface area contributed by atoms with Gasteiger partial charge in [0, 0.05) is 29.2 Å². The summed E-state index contributed by atoms with van der Waals surface area (Å²) in [5.41, 5.74) is 8.23. The zero-order chi connectivity index (χ0) is 16.2. The molecule has 3 rings (SSSR count). The second kappa shape index (κ2) is 7.10. The molecule has 23 heavy (non-hydrogen) atoms. The van der Waals surface area contributed by atoms with E-state index in [1.165, 1.54) is 4.88 Å². The number of nitrogen functional groups attached to an aromatic ring is 1. The van der Waals surface area contributed by atoms with Crippen molar-refractivity contribution in [2.45, 2.75) is 25.9 Å². The smallest absolute Gasteiger partial charge is 0.223 e. The molecule has 1 fully saturated rings. The van der Waals surface area contributed by atoms with Crippen molar-refractivity contribution in [2.75, 3.05) is 25.4 Å². The maximum absolute atomic E-state index is 12.4. The quantitative estimate of drug-likeness (QED) is 0.935. The third-order valence-corrected chi connectivity index (χ3v) is 4.85. The number of hydrogen-bond acceptors (Lipinski definition) is 5. The number of aromatic nitrogens is 1. The van der Waals surface area contributed by atoms with Gasteiger partial charge in [0.15, 0.2) is 0 Å². The largest absolute Gasteiger partial charge is 0.399 e. The van der Waals surface area contributed by atoms with Crippen LogP contribution in [0.15, 0.2) is 29.6 Å². The zero-order valence-electron chi connectivity index (χ0n) is 13.2. The predicted molar refractivity (Wildman–Crippen MR) is 91.3 cm³/mol. The van der Waals surface area contributed by atoms with Crippen molar-refractivity contribution in [3.63, 3.8) is 0 Å². The lowest BCUT2D eigenvalue weighted by Crippen LogP contribution is -2.42. The number of pyridine rings is 1. The first kappa shape index (κ1) is 16.0. The lowest BCUT2D eigenvalue weighted by molar-refractivity contribution is -0.139. The summed E-state index contributed by atoms with van der Waals surface area (Å²) in [7, 11) is 0. The molecule has 1 aliphatic heterocycles. The molecule has 1 atom stereocenters. The van der Waals surface area contributed by atoms with Gasteiger partial charge in [-0.2, -0.15) is 0 Å². The Morgan fingerprint density at radius 3 is 3.13 bits per heavy atom. The molecule has 0 spiro atoms. The lowest BCUT2D eigenvalue weighted by atomic mass is 10.1. The number of nitrogens with zero attached hydrogens (tertiary/aromatic N) is 2. The SMILES string of the molecule is Cc1cc(N)cc(C2CN(C(=O)CCc3cccs3)CCO2)n1. The van der Waals surface area contributed by atoms with Crippen LogP contribution < -0.4 is 5.73 Å². The number of thiophene rings is 1. The Kier molecular flexibility index (Phi) is 4.93. The Morgan fingerprint density at radius 2 is 2.39 bits per heavy atom. The Labute approximate surface area is 140 Å². The first-order valence-corrected chi connectivity index (χ1v) is 8.65. The van der Waals surface area contributed by atoms with Gasteiger partial charge in [-0.3, -0.25) is 9.78 Å². The van der Waals surface area contributed by atoms with Crippen molar-refractivity contribution in [3.8, 4) is 0 Å². The molecule has 1 aliphatic rings. The van der Waals surface area contributed by atoms with Crippen molar-refractivity contribution in [2.24, 2.45) is 0 Å². The first-order valence-electron chi connectivity index (χ1n) is 7.77. The molecule has 1 amide bonds. The molecule has 122 valence electrons. The van der Waals surface area contributed by atoms with Crippen LogP contribution in [0.5, 0.6) is 0 Å². The van der Waals surface area contributed by atoms with Crippen LogP contribution in [0.1, 0.15) is 28.8 Å². The minimum atomic E-state index is -0.198. The molecule has 0 aliphatic carbocycles. The Morgan fingerprint density at radius 1 is 1.52 bits per heavy atom. The monoisotopic (exact) mass is 331 g/mol. The average molecular weight is 331 g/mol. The fourth-order valence-corrected chi connectivity index (χ4v) is 3.49. The highest BCUT2D eigenvalue weighted by Gasteiger charge is 2.26. The predicted octanol–water partition coefficient (Wildman–Crippen LogP) is 2.57. The standard InChI is InChI=1S/C17H21N3O2S/c1-12-9-13(18)10-15(19-12)16-11-20(6-7-22-16)17(21)5-4-14-3-2-8-23-14/h2-3,8-10,16H,4-7,11H2,1H3,(H2,18,19). The van der Waals surface area contributed by atoms with Crippen LogP contribution in [0.2, 0.25) is 0 Å².